The maximum absolute atomic E-state index is 10.5. The third-order valence-corrected chi connectivity index (χ3v) is 4.50. The Hall–Kier alpha value is -0.340. The smallest absolute Gasteiger partial charge is 0.0774 e. The van der Waals surface area contributed by atoms with E-state index in [1.54, 1.807) is 0 Å². The lowest BCUT2D eigenvalue weighted by atomic mass is 9.73. The Morgan fingerprint density at radius 1 is 1.38 bits per heavy atom. The molecule has 2 nitrogen and oxygen atoms in total. The average molecular weight is 223 g/mol. The van der Waals surface area contributed by atoms with Gasteiger partial charge in [-0.25, -0.2) is 0 Å². The van der Waals surface area contributed by atoms with Gasteiger partial charge in [-0.2, -0.15) is 0 Å². The lowest BCUT2D eigenvalue weighted by Gasteiger charge is -2.45. The molecule has 0 aromatic carbocycles. The summed E-state index contributed by atoms with van der Waals surface area (Å²) in [6.45, 7) is 10.6. The zero-order valence-corrected chi connectivity index (χ0v) is 10.7. The SMILES string of the molecule is C=C(C)[C@H]1CC[C@@](C)(O)[C@H](N2CCCC2)C1. The van der Waals surface area contributed by atoms with E-state index in [9.17, 15) is 5.11 Å². The maximum Gasteiger partial charge on any atom is 0.0774 e. The van der Waals surface area contributed by atoms with Crippen molar-refractivity contribution in [1.82, 2.24) is 4.90 Å². The molecule has 1 aliphatic carbocycles. The summed E-state index contributed by atoms with van der Waals surface area (Å²) in [6.07, 6.45) is 5.72. The van der Waals surface area contributed by atoms with E-state index in [0.717, 1.165) is 19.3 Å². The first kappa shape index (κ1) is 12.1. The summed E-state index contributed by atoms with van der Waals surface area (Å²) in [7, 11) is 0. The molecule has 0 amide bonds. The average Bonchev–Trinajstić information content (AvgIpc) is 2.69. The van der Waals surface area contributed by atoms with Crippen molar-refractivity contribution in [1.29, 1.82) is 0 Å². The predicted molar refractivity (Wildman–Crippen MR) is 67.4 cm³/mol. The Morgan fingerprint density at radius 2 is 2.00 bits per heavy atom. The Labute approximate surface area is 99.3 Å². The van der Waals surface area contributed by atoms with E-state index < -0.39 is 5.60 Å². The van der Waals surface area contributed by atoms with Crippen LogP contribution in [0, 0.1) is 5.92 Å². The van der Waals surface area contributed by atoms with Crippen LogP contribution in [0.3, 0.4) is 0 Å². The van der Waals surface area contributed by atoms with Crippen LogP contribution in [0.1, 0.15) is 46.0 Å². The van der Waals surface area contributed by atoms with Crippen molar-refractivity contribution < 1.29 is 5.11 Å². The van der Waals surface area contributed by atoms with Crippen molar-refractivity contribution in [2.75, 3.05) is 13.1 Å². The molecule has 1 saturated heterocycles. The summed E-state index contributed by atoms with van der Waals surface area (Å²) >= 11 is 0. The molecule has 1 saturated carbocycles. The minimum absolute atomic E-state index is 0.352. The summed E-state index contributed by atoms with van der Waals surface area (Å²) in [4.78, 5) is 2.50. The highest BCUT2D eigenvalue weighted by Crippen LogP contribution is 2.38. The Balaban J connectivity index is 2.08. The lowest BCUT2D eigenvalue weighted by molar-refractivity contribution is -0.0627. The Kier molecular flexibility index (Phi) is 3.41. The van der Waals surface area contributed by atoms with Gasteiger partial charge in [0, 0.05) is 6.04 Å². The fourth-order valence-electron chi connectivity index (χ4n) is 3.32. The molecule has 1 aliphatic heterocycles. The second kappa shape index (κ2) is 4.50. The first-order chi connectivity index (χ1) is 7.50. The highest BCUT2D eigenvalue weighted by molar-refractivity contribution is 5.05. The number of rotatable bonds is 2. The summed E-state index contributed by atoms with van der Waals surface area (Å²) in [5.74, 6) is 0.617. The number of allylic oxidation sites excluding steroid dienone is 1. The molecule has 0 aromatic heterocycles. The molecule has 1 N–H and O–H groups in total. The molecule has 2 heteroatoms. The maximum atomic E-state index is 10.5. The first-order valence-corrected chi connectivity index (χ1v) is 6.62. The van der Waals surface area contributed by atoms with E-state index >= 15 is 0 Å². The second-order valence-corrected chi connectivity index (χ2v) is 5.93. The van der Waals surface area contributed by atoms with E-state index in [1.807, 2.05) is 6.92 Å². The van der Waals surface area contributed by atoms with Crippen molar-refractivity contribution in [3.63, 3.8) is 0 Å². The van der Waals surface area contributed by atoms with Crippen molar-refractivity contribution in [3.05, 3.63) is 12.2 Å². The number of likely N-dealkylation sites (tertiary alicyclic amines) is 1. The van der Waals surface area contributed by atoms with Gasteiger partial charge in [0.25, 0.3) is 0 Å². The third-order valence-electron chi connectivity index (χ3n) is 4.50. The Morgan fingerprint density at radius 3 is 2.56 bits per heavy atom. The van der Waals surface area contributed by atoms with Gasteiger partial charge in [-0.3, -0.25) is 4.90 Å². The molecule has 2 rings (SSSR count). The fourth-order valence-corrected chi connectivity index (χ4v) is 3.32. The van der Waals surface area contributed by atoms with Crippen LogP contribution in [0.4, 0.5) is 0 Å². The highest BCUT2D eigenvalue weighted by Gasteiger charge is 2.42. The van der Waals surface area contributed by atoms with Gasteiger partial charge in [-0.15, -0.1) is 0 Å². The van der Waals surface area contributed by atoms with Crippen LogP contribution in [0.25, 0.3) is 0 Å². The summed E-state index contributed by atoms with van der Waals surface area (Å²) < 4.78 is 0. The van der Waals surface area contributed by atoms with E-state index in [0.29, 0.717) is 12.0 Å². The van der Waals surface area contributed by atoms with E-state index in [1.165, 1.54) is 31.5 Å². The number of hydrogen-bond acceptors (Lipinski definition) is 2. The standard InChI is InChI=1S/C14H25NO/c1-11(2)12-6-7-14(3,16)13(10-12)15-8-4-5-9-15/h12-13,16H,1,4-10H2,2-3H3/t12-,13+,14+/m0/s1. The zero-order chi connectivity index (χ0) is 11.8. The third kappa shape index (κ3) is 2.33. The molecular formula is C14H25NO. The van der Waals surface area contributed by atoms with Crippen molar-refractivity contribution in [2.45, 2.75) is 57.6 Å². The monoisotopic (exact) mass is 223 g/mol. The molecular weight excluding hydrogens is 198 g/mol. The minimum Gasteiger partial charge on any atom is -0.389 e. The van der Waals surface area contributed by atoms with Gasteiger partial charge in [0.05, 0.1) is 5.60 Å². The fraction of sp³-hybridized carbons (Fsp3) is 0.857. The van der Waals surface area contributed by atoms with Crippen LogP contribution in [0.15, 0.2) is 12.2 Å². The normalized spacial score (nSPS) is 41.2. The summed E-state index contributed by atoms with van der Waals surface area (Å²) in [6, 6.07) is 0.352. The topological polar surface area (TPSA) is 23.5 Å². The molecule has 16 heavy (non-hydrogen) atoms. The van der Waals surface area contributed by atoms with Crippen LogP contribution in [-0.2, 0) is 0 Å². The minimum atomic E-state index is -0.490. The molecule has 2 aliphatic rings. The highest BCUT2D eigenvalue weighted by atomic mass is 16.3. The molecule has 92 valence electrons. The molecule has 0 bridgehead atoms. The quantitative estimate of drug-likeness (QED) is 0.727. The molecule has 0 unspecified atom stereocenters. The van der Waals surface area contributed by atoms with Crippen LogP contribution in [0.2, 0.25) is 0 Å². The van der Waals surface area contributed by atoms with Gasteiger partial charge in [-0.05, 0) is 65.0 Å². The molecule has 0 spiro atoms. The van der Waals surface area contributed by atoms with Crippen LogP contribution in [-0.4, -0.2) is 34.7 Å². The van der Waals surface area contributed by atoms with Crippen LogP contribution >= 0.6 is 0 Å². The molecule has 2 fully saturated rings. The van der Waals surface area contributed by atoms with E-state index in [2.05, 4.69) is 18.4 Å². The van der Waals surface area contributed by atoms with Crippen molar-refractivity contribution in [2.24, 2.45) is 5.92 Å². The van der Waals surface area contributed by atoms with E-state index in [4.69, 9.17) is 0 Å². The number of nitrogens with zero attached hydrogens (tertiary/aromatic N) is 1. The second-order valence-electron chi connectivity index (χ2n) is 5.93. The predicted octanol–water partition coefficient (Wildman–Crippen LogP) is 2.58. The lowest BCUT2D eigenvalue weighted by Crippen LogP contribution is -2.53. The molecule has 1 heterocycles. The first-order valence-electron chi connectivity index (χ1n) is 6.62. The molecule has 0 aromatic rings. The summed E-state index contributed by atoms with van der Waals surface area (Å²) in [5, 5.41) is 10.5. The number of aliphatic hydroxyl groups is 1. The van der Waals surface area contributed by atoms with Crippen LogP contribution < -0.4 is 0 Å². The molecule has 3 atom stereocenters. The Bertz CT molecular complexity index is 266. The van der Waals surface area contributed by atoms with Gasteiger partial charge in [0.1, 0.15) is 0 Å². The van der Waals surface area contributed by atoms with Gasteiger partial charge in [0.15, 0.2) is 0 Å². The number of hydrogen-bond donors (Lipinski definition) is 1. The summed E-state index contributed by atoms with van der Waals surface area (Å²) in [5.41, 5.74) is 0.802. The van der Waals surface area contributed by atoms with Crippen molar-refractivity contribution >= 4 is 0 Å². The van der Waals surface area contributed by atoms with Gasteiger partial charge < -0.3 is 5.11 Å². The van der Waals surface area contributed by atoms with E-state index in [-0.39, 0.29) is 0 Å². The van der Waals surface area contributed by atoms with Gasteiger partial charge in [0.2, 0.25) is 0 Å². The largest absolute Gasteiger partial charge is 0.389 e. The van der Waals surface area contributed by atoms with Gasteiger partial charge >= 0.3 is 0 Å². The van der Waals surface area contributed by atoms with Gasteiger partial charge in [-0.1, -0.05) is 12.2 Å². The zero-order valence-electron chi connectivity index (χ0n) is 10.7. The van der Waals surface area contributed by atoms with Crippen LogP contribution in [0.5, 0.6) is 0 Å². The van der Waals surface area contributed by atoms with Crippen molar-refractivity contribution in [3.8, 4) is 0 Å². The molecule has 0 radical (unpaired) electrons.